The lowest BCUT2D eigenvalue weighted by Gasteiger charge is -2.38. The molecular formula is C38H62F3N5O6Si. The Bertz CT molecular complexity index is 1550. The number of nitrogens with one attached hydrogen (secondary N) is 1. The van der Waals surface area contributed by atoms with Crippen LogP contribution in [-0.4, -0.2) is 71.4 Å². The minimum atomic E-state index is -4.69. The second-order valence-electron chi connectivity index (χ2n) is 18.4. The molecule has 1 aliphatic rings. The molecule has 2 aromatic rings. The normalized spacial score (nSPS) is 18.1. The zero-order chi connectivity index (χ0) is 40.4. The van der Waals surface area contributed by atoms with Gasteiger partial charge >= 0.3 is 18.4 Å². The number of carbonyl (C=O) groups is 2. The number of pyridine rings is 1. The summed E-state index contributed by atoms with van der Waals surface area (Å²) in [6.45, 7) is 27.2. The highest BCUT2D eigenvalue weighted by Gasteiger charge is 2.43. The van der Waals surface area contributed by atoms with E-state index in [0.29, 0.717) is 11.5 Å². The van der Waals surface area contributed by atoms with Crippen molar-refractivity contribution in [3.05, 3.63) is 30.1 Å². The van der Waals surface area contributed by atoms with Crippen LogP contribution in [0.15, 0.2) is 24.4 Å². The van der Waals surface area contributed by atoms with Gasteiger partial charge in [0, 0.05) is 30.4 Å². The third-order valence-corrected chi connectivity index (χ3v) is 13.7. The number of amides is 2. The second-order valence-corrected chi connectivity index (χ2v) is 23.2. The van der Waals surface area contributed by atoms with Gasteiger partial charge in [-0.05, 0) is 119 Å². The SMILES string of the molecule is CC(C)(C)OC(=O)N[C@@H](CCCOc1cc(N(C(=O)OC(C)(C)C)c2cc([C@H]3CC[C@@H](O[Si](C)(C)C(C)(C)C)C3)nn2C(C)(C)C)ccn1)C(F)(F)F. The monoisotopic (exact) mass is 769 g/mol. The molecule has 0 bridgehead atoms. The van der Waals surface area contributed by atoms with Gasteiger partial charge in [0.15, 0.2) is 8.32 Å². The van der Waals surface area contributed by atoms with E-state index >= 15 is 0 Å². The first-order chi connectivity index (χ1) is 24.0. The van der Waals surface area contributed by atoms with Gasteiger partial charge in [0.25, 0.3) is 0 Å². The van der Waals surface area contributed by atoms with Crippen LogP contribution < -0.4 is 15.0 Å². The Hall–Kier alpha value is -3.33. The zero-order valence-electron chi connectivity index (χ0n) is 34.2. The van der Waals surface area contributed by atoms with Crippen LogP contribution in [0.2, 0.25) is 18.1 Å². The summed E-state index contributed by atoms with van der Waals surface area (Å²) in [6, 6.07) is 3.00. The maximum atomic E-state index is 14.0. The molecule has 1 fully saturated rings. The molecule has 2 heterocycles. The van der Waals surface area contributed by atoms with Gasteiger partial charge < -0.3 is 24.0 Å². The fourth-order valence-corrected chi connectivity index (χ4v) is 7.04. The van der Waals surface area contributed by atoms with Crippen molar-refractivity contribution in [3.8, 4) is 5.88 Å². The smallest absolute Gasteiger partial charge is 0.420 e. The van der Waals surface area contributed by atoms with Gasteiger partial charge in [0.1, 0.15) is 23.1 Å². The number of hydrogen-bond donors (Lipinski definition) is 1. The number of ether oxygens (including phenoxy) is 3. The predicted octanol–water partition coefficient (Wildman–Crippen LogP) is 10.4. The Morgan fingerprint density at radius 3 is 2.13 bits per heavy atom. The number of rotatable bonds is 11. The topological polar surface area (TPSA) is 117 Å². The van der Waals surface area contributed by atoms with Gasteiger partial charge in [-0.25, -0.2) is 24.2 Å². The molecule has 0 aliphatic heterocycles. The number of alkyl halides is 3. The molecule has 2 aromatic heterocycles. The van der Waals surface area contributed by atoms with Gasteiger partial charge in [0.2, 0.25) is 5.88 Å². The first kappa shape index (κ1) is 44.1. The molecule has 1 aliphatic carbocycles. The Labute approximate surface area is 314 Å². The third-order valence-electron chi connectivity index (χ3n) is 9.17. The van der Waals surface area contributed by atoms with Crippen LogP contribution in [0, 0.1) is 0 Å². The van der Waals surface area contributed by atoms with Crippen molar-refractivity contribution in [3.63, 3.8) is 0 Å². The van der Waals surface area contributed by atoms with Crippen LogP contribution in [0.4, 0.5) is 34.3 Å². The Morgan fingerprint density at radius 1 is 0.962 bits per heavy atom. The van der Waals surface area contributed by atoms with Crippen LogP contribution >= 0.6 is 0 Å². The van der Waals surface area contributed by atoms with E-state index in [2.05, 4.69) is 38.8 Å². The molecule has 2 amide bonds. The lowest BCUT2D eigenvalue weighted by Crippen LogP contribution is -2.47. The van der Waals surface area contributed by atoms with E-state index in [4.69, 9.17) is 23.7 Å². The van der Waals surface area contributed by atoms with E-state index in [0.717, 1.165) is 25.0 Å². The molecule has 300 valence electrons. The summed E-state index contributed by atoms with van der Waals surface area (Å²) in [7, 11) is -1.97. The molecule has 1 saturated carbocycles. The van der Waals surface area contributed by atoms with Gasteiger partial charge in [0.05, 0.1) is 23.5 Å². The second kappa shape index (κ2) is 16.2. The van der Waals surface area contributed by atoms with E-state index in [-0.39, 0.29) is 36.0 Å². The van der Waals surface area contributed by atoms with E-state index in [1.165, 1.54) is 11.1 Å². The van der Waals surface area contributed by atoms with Crippen molar-refractivity contribution in [1.29, 1.82) is 0 Å². The molecule has 0 saturated heterocycles. The summed E-state index contributed by atoms with van der Waals surface area (Å²) in [5.41, 5.74) is -1.06. The minimum absolute atomic E-state index is 0.0522. The number of alkyl carbamates (subject to hydrolysis) is 1. The van der Waals surface area contributed by atoms with E-state index in [1.54, 1.807) is 53.7 Å². The number of hydrogen-bond acceptors (Lipinski definition) is 8. The summed E-state index contributed by atoms with van der Waals surface area (Å²) in [5.74, 6) is 0.728. The Morgan fingerprint density at radius 2 is 1.58 bits per heavy atom. The molecule has 1 N–H and O–H groups in total. The lowest BCUT2D eigenvalue weighted by molar-refractivity contribution is -0.157. The molecule has 3 atom stereocenters. The molecule has 0 spiro atoms. The Kier molecular flexibility index (Phi) is 13.5. The van der Waals surface area contributed by atoms with Gasteiger partial charge in [-0.3, -0.25) is 0 Å². The van der Waals surface area contributed by atoms with Gasteiger partial charge in [-0.1, -0.05) is 20.8 Å². The highest BCUT2D eigenvalue weighted by atomic mass is 28.4. The summed E-state index contributed by atoms with van der Waals surface area (Å²) in [4.78, 5) is 31.8. The minimum Gasteiger partial charge on any atom is -0.478 e. The van der Waals surface area contributed by atoms with Crippen molar-refractivity contribution in [2.45, 2.75) is 174 Å². The number of anilines is 2. The number of aromatic nitrogens is 3. The summed E-state index contributed by atoms with van der Waals surface area (Å²) in [6.07, 6.45) is -2.72. The first-order valence-corrected chi connectivity index (χ1v) is 21.3. The molecule has 53 heavy (non-hydrogen) atoms. The molecule has 15 heteroatoms. The van der Waals surface area contributed by atoms with Gasteiger partial charge in [-0.15, -0.1) is 0 Å². The van der Waals surface area contributed by atoms with Crippen molar-refractivity contribution in [1.82, 2.24) is 20.1 Å². The quantitative estimate of drug-likeness (QED) is 0.177. The third kappa shape index (κ3) is 12.9. The average Bonchev–Trinajstić information content (AvgIpc) is 3.59. The van der Waals surface area contributed by atoms with Crippen molar-refractivity contribution >= 4 is 32.0 Å². The van der Waals surface area contributed by atoms with Crippen molar-refractivity contribution in [2.75, 3.05) is 11.5 Å². The van der Waals surface area contributed by atoms with Gasteiger partial charge in [-0.2, -0.15) is 18.3 Å². The Balaban J connectivity index is 1.89. The lowest BCUT2D eigenvalue weighted by atomic mass is 10.0. The molecular weight excluding hydrogens is 708 g/mol. The van der Waals surface area contributed by atoms with Crippen LogP contribution in [-0.2, 0) is 19.4 Å². The van der Waals surface area contributed by atoms with Crippen LogP contribution in [0.1, 0.15) is 127 Å². The number of halogens is 3. The highest BCUT2D eigenvalue weighted by Crippen LogP contribution is 2.44. The standard InChI is InChI=1S/C38H62F3N5O6Si/c1-34(2,3)46-31(24-28(44-46)25-17-18-27(22-25)52-53(13,14)37(10,11)12)45(33(48)51-36(7,8)9)26-19-20-42-30(23-26)49-21-15-16-29(38(39,40)41)43-32(47)50-35(4,5)6/h19-20,23-25,27,29H,15-18,21-22H2,1-14H3,(H,43,47)/t25-,27+,29-/m0/s1. The maximum Gasteiger partial charge on any atom is 0.420 e. The molecule has 11 nitrogen and oxygen atoms in total. The largest absolute Gasteiger partial charge is 0.478 e. The van der Waals surface area contributed by atoms with Crippen LogP contribution in [0.3, 0.4) is 0 Å². The number of nitrogens with zero attached hydrogens (tertiary/aromatic N) is 4. The molecule has 0 aromatic carbocycles. The van der Waals surface area contributed by atoms with Crippen LogP contribution in [0.5, 0.6) is 5.88 Å². The molecule has 0 unspecified atom stereocenters. The molecule has 0 radical (unpaired) electrons. The van der Waals surface area contributed by atoms with Crippen LogP contribution in [0.25, 0.3) is 0 Å². The molecule has 3 rings (SSSR count). The predicted molar refractivity (Wildman–Crippen MR) is 202 cm³/mol. The first-order valence-electron chi connectivity index (χ1n) is 18.4. The zero-order valence-corrected chi connectivity index (χ0v) is 35.2. The highest BCUT2D eigenvalue weighted by molar-refractivity contribution is 6.74. The van der Waals surface area contributed by atoms with E-state index < -0.39 is 55.9 Å². The average molecular weight is 770 g/mol. The summed E-state index contributed by atoms with van der Waals surface area (Å²) in [5, 5.41) is 7.08. The van der Waals surface area contributed by atoms with Crippen molar-refractivity contribution in [2.24, 2.45) is 0 Å². The summed E-state index contributed by atoms with van der Waals surface area (Å²) < 4.78 is 66.4. The van der Waals surface area contributed by atoms with E-state index in [1.807, 2.05) is 36.8 Å². The fourth-order valence-electron chi connectivity index (χ4n) is 5.64. The fraction of sp³-hybridized carbons (Fsp3) is 0.737. The van der Waals surface area contributed by atoms with E-state index in [9.17, 15) is 22.8 Å². The van der Waals surface area contributed by atoms with Crippen molar-refractivity contribution < 1.29 is 41.4 Å². The summed E-state index contributed by atoms with van der Waals surface area (Å²) >= 11 is 0. The number of carbonyl (C=O) groups excluding carboxylic acids is 2. The maximum absolute atomic E-state index is 14.0.